The van der Waals surface area contributed by atoms with Crippen LogP contribution in [0.5, 0.6) is 0 Å². The quantitative estimate of drug-likeness (QED) is 0.563. The zero-order valence-corrected chi connectivity index (χ0v) is 4.97. The minimum atomic E-state index is -5.01. The maximum Gasteiger partial charge on any atom is 0.575 e. The number of carbonyl (C=O) groups is 1. The summed E-state index contributed by atoms with van der Waals surface area (Å²) in [5, 5.41) is 8.21. The fourth-order valence-corrected chi connectivity index (χ4v) is 0.199. The van der Waals surface area contributed by atoms with Crippen molar-refractivity contribution < 1.29 is 27.8 Å². The van der Waals surface area contributed by atoms with Crippen LogP contribution >= 0.6 is 0 Å². The summed E-state index contributed by atoms with van der Waals surface area (Å²) in [6.45, 7) is 0.883. The number of hydrogen-bond acceptors (Lipinski definition) is 3. The molecule has 0 saturated carbocycles. The van der Waals surface area contributed by atoms with Gasteiger partial charge in [-0.3, -0.25) is 0 Å². The second kappa shape index (κ2) is 2.87. The van der Waals surface area contributed by atoms with E-state index in [0.29, 0.717) is 0 Å². The van der Waals surface area contributed by atoms with Crippen molar-refractivity contribution in [3.05, 3.63) is 0 Å². The molecule has 0 aliphatic heterocycles. The summed E-state index contributed by atoms with van der Waals surface area (Å²) in [7, 11) is 0. The van der Waals surface area contributed by atoms with Crippen LogP contribution in [0.1, 0.15) is 6.92 Å². The van der Waals surface area contributed by atoms with Crippen LogP contribution in [0, 0.1) is 0 Å². The molecule has 0 aromatic heterocycles. The zero-order chi connectivity index (χ0) is 8.36. The summed E-state index contributed by atoms with van der Waals surface area (Å²) in [6, 6.07) is 0. The van der Waals surface area contributed by atoms with Gasteiger partial charge in [-0.1, -0.05) is 0 Å². The number of aliphatic hydroxyl groups is 1. The van der Waals surface area contributed by atoms with Gasteiger partial charge in [0.15, 0.2) is 0 Å². The molecule has 60 valence electrons. The van der Waals surface area contributed by atoms with Gasteiger partial charge in [-0.25, -0.2) is 4.79 Å². The summed E-state index contributed by atoms with van der Waals surface area (Å²) in [6.07, 6.45) is -6.75. The Labute approximate surface area is 54.4 Å². The summed E-state index contributed by atoms with van der Waals surface area (Å²) in [4.78, 5) is 9.97. The second-order valence-electron chi connectivity index (χ2n) is 1.54. The molecule has 0 aromatic rings. The van der Waals surface area contributed by atoms with E-state index in [0.717, 1.165) is 6.92 Å². The molecule has 0 unspecified atom stereocenters. The minimum Gasteiger partial charge on any atom is -0.382 e. The fraction of sp³-hybridized carbons (Fsp3) is 0.750. The van der Waals surface area contributed by atoms with Crippen molar-refractivity contribution in [1.82, 2.24) is 0 Å². The van der Waals surface area contributed by atoms with Crippen LogP contribution in [-0.4, -0.2) is 23.5 Å². The number of alkyl halides is 3. The standard InChI is InChI=1S/C4H5F3O3/c1-2(8)3(9)10-4(5,6)7/h2,8H,1H3/t2-/m0/s1. The van der Waals surface area contributed by atoms with Crippen LogP contribution in [0.3, 0.4) is 0 Å². The molecule has 0 heterocycles. The lowest BCUT2D eigenvalue weighted by atomic mass is 10.4. The highest BCUT2D eigenvalue weighted by atomic mass is 19.4. The molecule has 0 spiro atoms. The Balaban J connectivity index is 3.81. The predicted molar refractivity (Wildman–Crippen MR) is 23.8 cm³/mol. The Morgan fingerprint density at radius 2 is 2.00 bits per heavy atom. The number of rotatable bonds is 1. The first-order valence-electron chi connectivity index (χ1n) is 2.30. The van der Waals surface area contributed by atoms with Gasteiger partial charge in [-0.15, -0.1) is 13.2 Å². The maximum absolute atomic E-state index is 11.1. The largest absolute Gasteiger partial charge is 0.575 e. The first-order chi connectivity index (χ1) is 4.33. The number of hydrogen-bond donors (Lipinski definition) is 1. The maximum atomic E-state index is 11.1. The number of esters is 1. The van der Waals surface area contributed by atoms with Gasteiger partial charge in [0.25, 0.3) is 0 Å². The van der Waals surface area contributed by atoms with Crippen molar-refractivity contribution in [1.29, 1.82) is 0 Å². The molecular weight excluding hydrogens is 153 g/mol. The van der Waals surface area contributed by atoms with Gasteiger partial charge in [0.1, 0.15) is 6.10 Å². The first-order valence-corrected chi connectivity index (χ1v) is 2.30. The SMILES string of the molecule is C[C@H](O)C(=O)OC(F)(F)F. The Morgan fingerprint density at radius 1 is 1.60 bits per heavy atom. The molecular formula is C4H5F3O3. The van der Waals surface area contributed by atoms with Gasteiger partial charge in [0, 0.05) is 0 Å². The summed E-state index contributed by atoms with van der Waals surface area (Å²) >= 11 is 0. The normalized spacial score (nSPS) is 14.5. The van der Waals surface area contributed by atoms with Crippen molar-refractivity contribution in [2.45, 2.75) is 19.4 Å². The molecule has 0 amide bonds. The third-order valence-electron chi connectivity index (χ3n) is 0.557. The fourth-order valence-electron chi connectivity index (χ4n) is 0.199. The lowest BCUT2D eigenvalue weighted by molar-refractivity contribution is -0.308. The van der Waals surface area contributed by atoms with E-state index in [-0.39, 0.29) is 0 Å². The molecule has 0 rings (SSSR count). The Morgan fingerprint density at radius 3 is 2.10 bits per heavy atom. The monoisotopic (exact) mass is 158 g/mol. The van der Waals surface area contributed by atoms with Crippen LogP contribution in [0.25, 0.3) is 0 Å². The second-order valence-corrected chi connectivity index (χ2v) is 1.54. The number of carbonyl (C=O) groups excluding carboxylic acids is 1. The molecule has 0 saturated heterocycles. The highest BCUT2D eigenvalue weighted by Crippen LogP contribution is 2.16. The molecule has 0 radical (unpaired) electrons. The number of halogens is 3. The lowest BCUT2D eigenvalue weighted by Crippen LogP contribution is -2.27. The number of aliphatic hydroxyl groups excluding tert-OH is 1. The first kappa shape index (κ1) is 9.22. The molecule has 0 bridgehead atoms. The van der Waals surface area contributed by atoms with E-state index < -0.39 is 18.4 Å². The zero-order valence-electron chi connectivity index (χ0n) is 4.97. The predicted octanol–water partition coefficient (Wildman–Crippen LogP) is 0.430. The highest BCUT2D eigenvalue weighted by Gasteiger charge is 2.35. The molecule has 1 N–H and O–H groups in total. The molecule has 6 heteroatoms. The molecule has 0 aliphatic carbocycles. The van der Waals surface area contributed by atoms with E-state index in [1.807, 2.05) is 0 Å². The van der Waals surface area contributed by atoms with Crippen molar-refractivity contribution in [3.8, 4) is 0 Å². The van der Waals surface area contributed by atoms with Crippen molar-refractivity contribution in [3.63, 3.8) is 0 Å². The third-order valence-corrected chi connectivity index (χ3v) is 0.557. The van der Waals surface area contributed by atoms with E-state index in [9.17, 15) is 18.0 Å². The summed E-state index contributed by atoms with van der Waals surface area (Å²) in [5.74, 6) is -1.70. The van der Waals surface area contributed by atoms with E-state index >= 15 is 0 Å². The van der Waals surface area contributed by atoms with Crippen LogP contribution in [-0.2, 0) is 9.53 Å². The van der Waals surface area contributed by atoms with Gasteiger partial charge in [-0.2, -0.15) is 0 Å². The summed E-state index contributed by atoms with van der Waals surface area (Å²) in [5.41, 5.74) is 0. The third kappa shape index (κ3) is 4.13. The van der Waals surface area contributed by atoms with Crippen LogP contribution in [0.2, 0.25) is 0 Å². The van der Waals surface area contributed by atoms with Crippen LogP contribution in [0.15, 0.2) is 0 Å². The number of ether oxygens (including phenoxy) is 1. The van der Waals surface area contributed by atoms with Gasteiger partial charge in [0.05, 0.1) is 0 Å². The van der Waals surface area contributed by atoms with Gasteiger partial charge in [-0.05, 0) is 6.92 Å². The average molecular weight is 158 g/mol. The average Bonchev–Trinajstić information content (AvgIpc) is 1.60. The Bertz CT molecular complexity index is 128. The molecule has 3 nitrogen and oxygen atoms in total. The topological polar surface area (TPSA) is 46.5 Å². The van der Waals surface area contributed by atoms with Crippen molar-refractivity contribution >= 4 is 5.97 Å². The van der Waals surface area contributed by atoms with Crippen LogP contribution < -0.4 is 0 Å². The van der Waals surface area contributed by atoms with Gasteiger partial charge in [0.2, 0.25) is 0 Å². The molecule has 0 aliphatic rings. The molecule has 0 aromatic carbocycles. The van der Waals surface area contributed by atoms with Crippen molar-refractivity contribution in [2.75, 3.05) is 0 Å². The van der Waals surface area contributed by atoms with Gasteiger partial charge < -0.3 is 9.84 Å². The summed E-state index contributed by atoms with van der Waals surface area (Å²) < 4.78 is 36.1. The van der Waals surface area contributed by atoms with Crippen molar-refractivity contribution in [2.24, 2.45) is 0 Å². The Hall–Kier alpha value is -0.780. The molecule has 10 heavy (non-hydrogen) atoms. The molecule has 0 fully saturated rings. The van der Waals surface area contributed by atoms with E-state index in [2.05, 4.69) is 4.74 Å². The van der Waals surface area contributed by atoms with Gasteiger partial charge >= 0.3 is 12.3 Å². The Kier molecular flexibility index (Phi) is 2.65. The highest BCUT2D eigenvalue weighted by molar-refractivity contribution is 5.73. The van der Waals surface area contributed by atoms with Crippen LogP contribution in [0.4, 0.5) is 13.2 Å². The smallest absolute Gasteiger partial charge is 0.382 e. The van der Waals surface area contributed by atoms with E-state index in [1.165, 1.54) is 0 Å². The minimum absolute atomic E-state index is 0.883. The van der Waals surface area contributed by atoms with E-state index in [4.69, 9.17) is 5.11 Å². The lowest BCUT2D eigenvalue weighted by Gasteiger charge is -2.07. The molecule has 1 atom stereocenters. The van der Waals surface area contributed by atoms with E-state index in [1.54, 1.807) is 0 Å².